The maximum absolute atomic E-state index is 5.56. The van der Waals surface area contributed by atoms with Crippen molar-refractivity contribution >= 4 is 17.7 Å². The van der Waals surface area contributed by atoms with Gasteiger partial charge in [0, 0.05) is 51.5 Å². The molecule has 3 fully saturated rings. The lowest BCUT2D eigenvalue weighted by Crippen LogP contribution is -2.56. The maximum atomic E-state index is 5.56. The molecule has 0 aromatic carbocycles. The molecule has 3 aliphatic rings. The largest absolute Gasteiger partial charge is 0.381 e. The number of ether oxygens (including phenoxy) is 2. The molecule has 7 heteroatoms. The van der Waals surface area contributed by atoms with Gasteiger partial charge < -0.3 is 19.7 Å². The van der Waals surface area contributed by atoms with Gasteiger partial charge in [-0.2, -0.15) is 11.8 Å². The van der Waals surface area contributed by atoms with Crippen LogP contribution < -0.4 is 5.32 Å². The number of rotatable bonds is 6. The summed E-state index contributed by atoms with van der Waals surface area (Å²) in [7, 11) is 2.16. The number of hydrogen-bond acceptors (Lipinski definition) is 5. The number of thioether (sulfide) groups is 1. The third kappa shape index (κ3) is 5.02. The summed E-state index contributed by atoms with van der Waals surface area (Å²) >= 11 is 2.07. The summed E-state index contributed by atoms with van der Waals surface area (Å²) in [5.74, 6) is 4.11. The summed E-state index contributed by atoms with van der Waals surface area (Å²) in [5.41, 5.74) is 0.215. The highest BCUT2D eigenvalue weighted by Gasteiger charge is 2.40. The van der Waals surface area contributed by atoms with Crippen LogP contribution in [0, 0.1) is 5.92 Å². The molecule has 0 aliphatic carbocycles. The first-order valence-corrected chi connectivity index (χ1v) is 10.9. The van der Waals surface area contributed by atoms with E-state index in [2.05, 4.69) is 40.8 Å². The van der Waals surface area contributed by atoms with Crippen molar-refractivity contribution in [1.29, 1.82) is 0 Å². The molecule has 0 amide bonds. The lowest BCUT2D eigenvalue weighted by Gasteiger charge is -2.42. The van der Waals surface area contributed by atoms with Crippen LogP contribution in [0.5, 0.6) is 0 Å². The van der Waals surface area contributed by atoms with Gasteiger partial charge in [0.15, 0.2) is 5.96 Å². The average Bonchev–Trinajstić information content (AvgIpc) is 3.32. The first kappa shape index (κ1) is 19.3. The molecule has 144 valence electrons. The zero-order valence-corrected chi connectivity index (χ0v) is 16.7. The standard InChI is InChI=1S/C18H34N4O2S/c1-3-19-17(21(2)12-16-4-8-24-13-16)20-14-18(5-11-25-15-18)22-6-9-23-10-7-22/h16H,3-15H2,1-2H3,(H,19,20). The van der Waals surface area contributed by atoms with Gasteiger partial charge in [0.1, 0.15) is 0 Å². The van der Waals surface area contributed by atoms with Crippen LogP contribution in [-0.4, -0.2) is 99.0 Å². The molecule has 0 radical (unpaired) electrons. The highest BCUT2D eigenvalue weighted by atomic mass is 32.2. The molecule has 1 N–H and O–H groups in total. The minimum atomic E-state index is 0.215. The number of nitrogens with zero attached hydrogens (tertiary/aromatic N) is 3. The van der Waals surface area contributed by atoms with E-state index in [0.717, 1.165) is 71.5 Å². The number of nitrogens with one attached hydrogen (secondary N) is 1. The van der Waals surface area contributed by atoms with Crippen molar-refractivity contribution in [2.45, 2.75) is 25.3 Å². The average molecular weight is 371 g/mol. The van der Waals surface area contributed by atoms with E-state index < -0.39 is 0 Å². The van der Waals surface area contributed by atoms with Gasteiger partial charge in [-0.05, 0) is 25.5 Å². The molecular weight excluding hydrogens is 336 g/mol. The molecule has 0 bridgehead atoms. The predicted molar refractivity (Wildman–Crippen MR) is 105 cm³/mol. The Bertz CT molecular complexity index is 431. The van der Waals surface area contributed by atoms with Crippen molar-refractivity contribution in [3.63, 3.8) is 0 Å². The minimum absolute atomic E-state index is 0.215. The Balaban J connectivity index is 1.65. The van der Waals surface area contributed by atoms with Crippen LogP contribution in [-0.2, 0) is 9.47 Å². The van der Waals surface area contributed by atoms with E-state index in [-0.39, 0.29) is 5.54 Å². The molecule has 6 nitrogen and oxygen atoms in total. The van der Waals surface area contributed by atoms with Crippen LogP contribution >= 0.6 is 11.8 Å². The Morgan fingerprint density at radius 2 is 2.16 bits per heavy atom. The monoisotopic (exact) mass is 370 g/mol. The van der Waals surface area contributed by atoms with Crippen molar-refractivity contribution in [3.8, 4) is 0 Å². The highest BCUT2D eigenvalue weighted by Crippen LogP contribution is 2.34. The lowest BCUT2D eigenvalue weighted by atomic mass is 9.96. The van der Waals surface area contributed by atoms with E-state index in [1.54, 1.807) is 0 Å². The van der Waals surface area contributed by atoms with Crippen LogP contribution in [0.3, 0.4) is 0 Å². The van der Waals surface area contributed by atoms with E-state index in [0.29, 0.717) is 5.92 Å². The summed E-state index contributed by atoms with van der Waals surface area (Å²) in [4.78, 5) is 10.0. The maximum Gasteiger partial charge on any atom is 0.193 e. The molecule has 25 heavy (non-hydrogen) atoms. The van der Waals surface area contributed by atoms with E-state index in [1.807, 2.05) is 0 Å². The topological polar surface area (TPSA) is 49.3 Å². The molecule has 2 unspecified atom stereocenters. The zero-order chi connectivity index (χ0) is 17.5. The summed E-state index contributed by atoms with van der Waals surface area (Å²) < 4.78 is 11.1. The van der Waals surface area contributed by atoms with Gasteiger partial charge in [0.2, 0.25) is 0 Å². The molecule has 3 rings (SSSR count). The van der Waals surface area contributed by atoms with Gasteiger partial charge in [-0.3, -0.25) is 9.89 Å². The number of guanidine groups is 1. The SMILES string of the molecule is CCNC(=NCC1(N2CCOCC2)CCSC1)N(C)CC1CCOC1. The Morgan fingerprint density at radius 1 is 1.32 bits per heavy atom. The Morgan fingerprint density at radius 3 is 2.80 bits per heavy atom. The second-order valence-electron chi connectivity index (χ2n) is 7.41. The number of hydrogen-bond donors (Lipinski definition) is 1. The highest BCUT2D eigenvalue weighted by molar-refractivity contribution is 7.99. The van der Waals surface area contributed by atoms with Gasteiger partial charge in [-0.25, -0.2) is 0 Å². The third-order valence-corrected chi connectivity index (χ3v) is 6.77. The summed E-state index contributed by atoms with van der Waals surface area (Å²) in [6.45, 7) is 10.6. The van der Waals surface area contributed by atoms with Crippen LogP contribution in [0.25, 0.3) is 0 Å². The quantitative estimate of drug-likeness (QED) is 0.559. The van der Waals surface area contributed by atoms with Crippen molar-refractivity contribution in [2.24, 2.45) is 10.9 Å². The normalized spacial score (nSPS) is 31.4. The van der Waals surface area contributed by atoms with Crippen LogP contribution in [0.2, 0.25) is 0 Å². The van der Waals surface area contributed by atoms with E-state index >= 15 is 0 Å². The van der Waals surface area contributed by atoms with Crippen molar-refractivity contribution in [2.75, 3.05) is 77.7 Å². The van der Waals surface area contributed by atoms with Crippen LogP contribution in [0.4, 0.5) is 0 Å². The second kappa shape index (κ2) is 9.44. The number of aliphatic imine (C=N–C) groups is 1. The molecule has 0 aromatic rings. The van der Waals surface area contributed by atoms with E-state index in [1.165, 1.54) is 17.9 Å². The molecule has 2 atom stereocenters. The Hall–Kier alpha value is -0.500. The molecule has 0 aromatic heterocycles. The molecule has 3 heterocycles. The van der Waals surface area contributed by atoms with Gasteiger partial charge in [-0.15, -0.1) is 0 Å². The van der Waals surface area contributed by atoms with E-state index in [4.69, 9.17) is 14.5 Å². The first-order chi connectivity index (χ1) is 12.2. The van der Waals surface area contributed by atoms with Gasteiger partial charge in [-0.1, -0.05) is 0 Å². The fourth-order valence-electron chi connectivity index (χ4n) is 4.00. The molecular formula is C18H34N4O2S. The minimum Gasteiger partial charge on any atom is -0.381 e. The van der Waals surface area contributed by atoms with Crippen LogP contribution in [0.1, 0.15) is 19.8 Å². The zero-order valence-electron chi connectivity index (χ0n) is 15.8. The van der Waals surface area contributed by atoms with Gasteiger partial charge >= 0.3 is 0 Å². The van der Waals surface area contributed by atoms with Crippen molar-refractivity contribution in [1.82, 2.24) is 15.1 Å². The fourth-order valence-corrected chi connectivity index (χ4v) is 5.47. The smallest absolute Gasteiger partial charge is 0.193 e. The van der Waals surface area contributed by atoms with Crippen LogP contribution in [0.15, 0.2) is 4.99 Å². The molecule has 0 saturated carbocycles. The first-order valence-electron chi connectivity index (χ1n) is 9.71. The summed E-state index contributed by atoms with van der Waals surface area (Å²) in [5, 5.41) is 3.49. The summed E-state index contributed by atoms with van der Waals surface area (Å²) in [6.07, 6.45) is 2.40. The van der Waals surface area contributed by atoms with E-state index in [9.17, 15) is 0 Å². The Kier molecular flexibility index (Phi) is 7.28. The van der Waals surface area contributed by atoms with Gasteiger partial charge in [0.25, 0.3) is 0 Å². The van der Waals surface area contributed by atoms with Crippen molar-refractivity contribution in [3.05, 3.63) is 0 Å². The lowest BCUT2D eigenvalue weighted by molar-refractivity contribution is -0.0105. The third-order valence-electron chi connectivity index (χ3n) is 5.54. The Labute approximate surface area is 156 Å². The molecule has 3 saturated heterocycles. The van der Waals surface area contributed by atoms with Gasteiger partial charge in [0.05, 0.1) is 31.9 Å². The van der Waals surface area contributed by atoms with Crippen molar-refractivity contribution < 1.29 is 9.47 Å². The molecule has 3 aliphatic heterocycles. The predicted octanol–water partition coefficient (Wildman–Crippen LogP) is 1.13. The molecule has 0 spiro atoms. The number of morpholine rings is 1. The summed E-state index contributed by atoms with van der Waals surface area (Å²) in [6, 6.07) is 0. The second-order valence-corrected chi connectivity index (χ2v) is 8.51. The fraction of sp³-hybridized carbons (Fsp3) is 0.944.